The Kier molecular flexibility index (Phi) is 5.36. The molecule has 1 aromatic heterocycles. The molecule has 4 N–H and O–H groups in total. The molecule has 1 atom stereocenters. The van der Waals surface area contributed by atoms with E-state index in [2.05, 4.69) is 15.2 Å². The fraction of sp³-hybridized carbons (Fsp3) is 0.438. The quantitative estimate of drug-likeness (QED) is 0.668. The molecule has 2 aromatic rings. The van der Waals surface area contributed by atoms with E-state index in [1.54, 1.807) is 0 Å². The van der Waals surface area contributed by atoms with Gasteiger partial charge in [-0.05, 0) is 45.1 Å². The third-order valence-corrected chi connectivity index (χ3v) is 3.53. The highest BCUT2D eigenvalue weighted by molar-refractivity contribution is 5.86. The van der Waals surface area contributed by atoms with E-state index in [1.165, 1.54) is 0 Å². The van der Waals surface area contributed by atoms with Gasteiger partial charge in [0.05, 0.1) is 6.04 Å². The van der Waals surface area contributed by atoms with Crippen LogP contribution in [0.4, 0.5) is 0 Å². The number of benzene rings is 1. The van der Waals surface area contributed by atoms with E-state index in [-0.39, 0.29) is 5.91 Å². The van der Waals surface area contributed by atoms with Gasteiger partial charge < -0.3 is 20.9 Å². The Morgan fingerprint density at radius 2 is 2.14 bits per heavy atom. The van der Waals surface area contributed by atoms with E-state index in [0.717, 1.165) is 29.4 Å². The predicted molar refractivity (Wildman–Crippen MR) is 86.2 cm³/mol. The number of aromatic nitrogens is 1. The van der Waals surface area contributed by atoms with Crippen LogP contribution < -0.4 is 11.1 Å². The first kappa shape index (κ1) is 15.5. The Morgan fingerprint density at radius 3 is 2.90 bits per heavy atom. The molecule has 1 unspecified atom stereocenters. The summed E-state index contributed by atoms with van der Waals surface area (Å²) >= 11 is 0. The van der Waals surface area contributed by atoms with Crippen molar-refractivity contribution < 1.29 is 4.79 Å². The van der Waals surface area contributed by atoms with E-state index in [0.29, 0.717) is 13.0 Å². The molecule has 0 bridgehead atoms. The van der Waals surface area contributed by atoms with Crippen molar-refractivity contribution in [2.24, 2.45) is 5.73 Å². The Balaban J connectivity index is 1.86. The number of nitrogens with zero attached hydrogens (tertiary/aromatic N) is 1. The Bertz CT molecular complexity index is 591. The highest BCUT2D eigenvalue weighted by Gasteiger charge is 2.15. The summed E-state index contributed by atoms with van der Waals surface area (Å²) < 4.78 is 0. The summed E-state index contributed by atoms with van der Waals surface area (Å²) in [5.41, 5.74) is 8.16. The standard InChI is InChI=1S/C16H24N4O/c1-20(2)9-5-8-18-16(21)14(17)10-12-11-19-15-7-4-3-6-13(12)15/h3-4,6-7,11,14,19H,5,8-10,17H2,1-2H3,(H,18,21). The fourth-order valence-corrected chi connectivity index (χ4v) is 2.37. The summed E-state index contributed by atoms with van der Waals surface area (Å²) in [6, 6.07) is 7.53. The lowest BCUT2D eigenvalue weighted by molar-refractivity contribution is -0.122. The maximum Gasteiger partial charge on any atom is 0.237 e. The van der Waals surface area contributed by atoms with E-state index in [9.17, 15) is 4.79 Å². The molecule has 1 heterocycles. The second-order valence-corrected chi connectivity index (χ2v) is 5.62. The molecule has 0 saturated carbocycles. The summed E-state index contributed by atoms with van der Waals surface area (Å²) in [6.45, 7) is 1.62. The molecule has 114 valence electrons. The predicted octanol–water partition coefficient (Wildman–Crippen LogP) is 1.11. The number of hydrogen-bond donors (Lipinski definition) is 3. The summed E-state index contributed by atoms with van der Waals surface area (Å²) in [5, 5.41) is 4.03. The van der Waals surface area contributed by atoms with Gasteiger partial charge >= 0.3 is 0 Å². The topological polar surface area (TPSA) is 74.2 Å². The van der Waals surface area contributed by atoms with Crippen LogP contribution in [0.1, 0.15) is 12.0 Å². The van der Waals surface area contributed by atoms with Gasteiger partial charge in [0.1, 0.15) is 0 Å². The molecular weight excluding hydrogens is 264 g/mol. The minimum atomic E-state index is -0.511. The first-order chi connectivity index (χ1) is 10.1. The van der Waals surface area contributed by atoms with Gasteiger partial charge in [0.25, 0.3) is 0 Å². The van der Waals surface area contributed by atoms with E-state index in [4.69, 9.17) is 5.73 Å². The lowest BCUT2D eigenvalue weighted by Gasteiger charge is -2.13. The van der Waals surface area contributed by atoms with Gasteiger partial charge in [-0.1, -0.05) is 18.2 Å². The number of fused-ring (bicyclic) bond motifs is 1. The van der Waals surface area contributed by atoms with Crippen LogP contribution in [0, 0.1) is 0 Å². The van der Waals surface area contributed by atoms with Crippen LogP contribution in [0.3, 0.4) is 0 Å². The number of para-hydroxylation sites is 1. The number of hydrogen-bond acceptors (Lipinski definition) is 3. The van der Waals surface area contributed by atoms with Crippen LogP contribution in [0.25, 0.3) is 10.9 Å². The number of nitrogens with two attached hydrogens (primary N) is 1. The largest absolute Gasteiger partial charge is 0.361 e. The van der Waals surface area contributed by atoms with Crippen molar-refractivity contribution >= 4 is 16.8 Å². The molecular formula is C16H24N4O. The van der Waals surface area contributed by atoms with Crippen molar-refractivity contribution in [2.45, 2.75) is 18.9 Å². The Hall–Kier alpha value is -1.85. The van der Waals surface area contributed by atoms with Crippen LogP contribution in [0.2, 0.25) is 0 Å². The molecule has 0 saturated heterocycles. The molecule has 2 rings (SSSR count). The molecule has 5 nitrogen and oxygen atoms in total. The Morgan fingerprint density at radius 1 is 1.38 bits per heavy atom. The van der Waals surface area contributed by atoms with Gasteiger partial charge in [0.15, 0.2) is 0 Å². The fourth-order valence-electron chi connectivity index (χ4n) is 2.37. The van der Waals surface area contributed by atoms with Crippen molar-refractivity contribution in [2.75, 3.05) is 27.2 Å². The van der Waals surface area contributed by atoms with E-state index < -0.39 is 6.04 Å². The third kappa shape index (κ3) is 4.31. The lowest BCUT2D eigenvalue weighted by atomic mass is 10.1. The second kappa shape index (κ2) is 7.24. The number of carbonyl (C=O) groups is 1. The van der Waals surface area contributed by atoms with E-state index in [1.807, 2.05) is 44.6 Å². The van der Waals surface area contributed by atoms with Gasteiger partial charge in [-0.2, -0.15) is 0 Å². The zero-order chi connectivity index (χ0) is 15.2. The number of H-pyrrole nitrogens is 1. The van der Waals surface area contributed by atoms with Crippen molar-refractivity contribution in [3.05, 3.63) is 36.0 Å². The van der Waals surface area contributed by atoms with Crippen molar-refractivity contribution in [1.29, 1.82) is 0 Å². The zero-order valence-electron chi connectivity index (χ0n) is 12.7. The monoisotopic (exact) mass is 288 g/mol. The third-order valence-electron chi connectivity index (χ3n) is 3.53. The van der Waals surface area contributed by atoms with Gasteiger partial charge in [-0.15, -0.1) is 0 Å². The number of aromatic amines is 1. The minimum Gasteiger partial charge on any atom is -0.361 e. The smallest absolute Gasteiger partial charge is 0.237 e. The molecule has 0 aliphatic heterocycles. The molecule has 1 aromatic carbocycles. The highest BCUT2D eigenvalue weighted by atomic mass is 16.2. The van der Waals surface area contributed by atoms with Gasteiger partial charge in [0, 0.05) is 23.6 Å². The maximum absolute atomic E-state index is 12.0. The summed E-state index contributed by atoms with van der Waals surface area (Å²) in [5.74, 6) is -0.0842. The minimum absolute atomic E-state index is 0.0842. The Labute approximate surface area is 125 Å². The van der Waals surface area contributed by atoms with Gasteiger partial charge in [-0.3, -0.25) is 4.79 Å². The first-order valence-corrected chi connectivity index (χ1v) is 7.31. The molecule has 1 amide bonds. The van der Waals surface area contributed by atoms with Crippen LogP contribution in [0.5, 0.6) is 0 Å². The summed E-state index contributed by atoms with van der Waals surface area (Å²) in [6.07, 6.45) is 3.41. The average molecular weight is 288 g/mol. The molecule has 5 heteroatoms. The average Bonchev–Trinajstić information content (AvgIpc) is 2.86. The molecule has 0 spiro atoms. The van der Waals surface area contributed by atoms with Gasteiger partial charge in [-0.25, -0.2) is 0 Å². The van der Waals surface area contributed by atoms with Crippen LogP contribution in [0.15, 0.2) is 30.5 Å². The lowest BCUT2D eigenvalue weighted by Crippen LogP contribution is -2.42. The summed E-state index contributed by atoms with van der Waals surface area (Å²) in [7, 11) is 4.04. The second-order valence-electron chi connectivity index (χ2n) is 5.62. The van der Waals surface area contributed by atoms with Crippen LogP contribution in [-0.4, -0.2) is 49.0 Å². The van der Waals surface area contributed by atoms with Crippen molar-refractivity contribution in [1.82, 2.24) is 15.2 Å². The van der Waals surface area contributed by atoms with Crippen molar-refractivity contribution in [3.63, 3.8) is 0 Å². The van der Waals surface area contributed by atoms with Crippen LogP contribution in [-0.2, 0) is 11.2 Å². The summed E-state index contributed by atoms with van der Waals surface area (Å²) in [4.78, 5) is 17.3. The molecule has 0 radical (unpaired) electrons. The molecule has 21 heavy (non-hydrogen) atoms. The SMILES string of the molecule is CN(C)CCCNC(=O)C(N)Cc1c[nH]c2ccccc12. The van der Waals surface area contributed by atoms with Crippen molar-refractivity contribution in [3.8, 4) is 0 Å². The highest BCUT2D eigenvalue weighted by Crippen LogP contribution is 2.18. The van der Waals surface area contributed by atoms with Crippen LogP contribution >= 0.6 is 0 Å². The number of nitrogens with one attached hydrogen (secondary N) is 2. The molecule has 0 fully saturated rings. The normalized spacial score (nSPS) is 12.8. The number of carbonyl (C=O) groups excluding carboxylic acids is 1. The zero-order valence-corrected chi connectivity index (χ0v) is 12.7. The number of rotatable bonds is 7. The molecule has 0 aliphatic carbocycles. The first-order valence-electron chi connectivity index (χ1n) is 7.31. The number of amides is 1. The maximum atomic E-state index is 12.0. The van der Waals surface area contributed by atoms with E-state index >= 15 is 0 Å². The molecule has 0 aliphatic rings. The van der Waals surface area contributed by atoms with Gasteiger partial charge in [0.2, 0.25) is 5.91 Å².